The fourth-order valence-corrected chi connectivity index (χ4v) is 5.09. The first-order valence-electron chi connectivity index (χ1n) is 10.8. The van der Waals surface area contributed by atoms with Gasteiger partial charge in [0.05, 0.1) is 15.9 Å². The standard InChI is InChI=1S/C26H22FN3O2S/c27-20-9-11-21(12-10-20)29-13-15-30(16-14-29)26(32)19-7-5-18(6-8-19)17-24-25(31)28-22-3-1-2-4-23(22)33-24/h1-12,17,23H,13-16H2/b24-17+. The summed E-state index contributed by atoms with van der Waals surface area (Å²) in [6.45, 7) is 2.62. The predicted molar refractivity (Wildman–Crippen MR) is 131 cm³/mol. The number of carbonyl (C=O) groups excluding carboxylic acids is 2. The van der Waals surface area contributed by atoms with Crippen molar-refractivity contribution >= 4 is 41.1 Å². The van der Waals surface area contributed by atoms with Crippen LogP contribution in [0, 0.1) is 5.82 Å². The molecule has 0 N–H and O–H groups in total. The normalized spacial score (nSPS) is 21.2. The van der Waals surface area contributed by atoms with Crippen molar-refractivity contribution in [3.8, 4) is 0 Å². The van der Waals surface area contributed by atoms with Gasteiger partial charge < -0.3 is 9.80 Å². The number of anilines is 1. The van der Waals surface area contributed by atoms with E-state index in [9.17, 15) is 14.0 Å². The highest BCUT2D eigenvalue weighted by Gasteiger charge is 2.26. The Morgan fingerprint density at radius 3 is 2.45 bits per heavy atom. The zero-order valence-corrected chi connectivity index (χ0v) is 18.7. The van der Waals surface area contributed by atoms with Crippen molar-refractivity contribution in [1.82, 2.24) is 4.90 Å². The monoisotopic (exact) mass is 459 g/mol. The molecular formula is C26H22FN3O2S. The van der Waals surface area contributed by atoms with E-state index in [1.54, 1.807) is 24.3 Å². The molecule has 5 rings (SSSR count). The van der Waals surface area contributed by atoms with Crippen molar-refractivity contribution in [1.29, 1.82) is 0 Å². The number of carbonyl (C=O) groups is 2. The summed E-state index contributed by atoms with van der Waals surface area (Å²) in [4.78, 5) is 34.1. The van der Waals surface area contributed by atoms with Crippen LogP contribution in [0.15, 0.2) is 82.7 Å². The lowest BCUT2D eigenvalue weighted by Gasteiger charge is -2.36. The predicted octanol–water partition coefficient (Wildman–Crippen LogP) is 4.34. The summed E-state index contributed by atoms with van der Waals surface area (Å²) in [5.41, 5.74) is 3.23. The first-order valence-corrected chi connectivity index (χ1v) is 11.7. The van der Waals surface area contributed by atoms with E-state index in [1.807, 2.05) is 47.4 Å². The fraction of sp³-hybridized carbons (Fsp3) is 0.192. The molecule has 0 bridgehead atoms. The molecule has 1 fully saturated rings. The molecule has 7 heteroatoms. The lowest BCUT2D eigenvalue weighted by atomic mass is 10.1. The van der Waals surface area contributed by atoms with Gasteiger partial charge in [-0.3, -0.25) is 9.59 Å². The SMILES string of the molecule is O=C1N=C2C=CC=CC2S/C1=C/c1ccc(C(=O)N2CCN(c3ccc(F)cc3)CC2)cc1. The van der Waals surface area contributed by atoms with Gasteiger partial charge in [-0.1, -0.05) is 30.4 Å². The lowest BCUT2D eigenvalue weighted by Crippen LogP contribution is -2.48. The van der Waals surface area contributed by atoms with Crippen molar-refractivity contribution in [3.63, 3.8) is 0 Å². The average molecular weight is 460 g/mol. The highest BCUT2D eigenvalue weighted by atomic mass is 32.2. The zero-order chi connectivity index (χ0) is 22.8. The number of benzene rings is 2. The number of allylic oxidation sites excluding steroid dienone is 3. The van der Waals surface area contributed by atoms with Gasteiger partial charge >= 0.3 is 0 Å². The molecule has 2 aromatic carbocycles. The third-order valence-electron chi connectivity index (χ3n) is 5.86. The summed E-state index contributed by atoms with van der Waals surface area (Å²) in [7, 11) is 0. The van der Waals surface area contributed by atoms with Crippen LogP contribution in [0.2, 0.25) is 0 Å². The van der Waals surface area contributed by atoms with Crippen LogP contribution in [0.1, 0.15) is 15.9 Å². The first kappa shape index (κ1) is 21.4. The van der Waals surface area contributed by atoms with Crippen molar-refractivity contribution in [2.24, 2.45) is 4.99 Å². The molecule has 3 aliphatic rings. The summed E-state index contributed by atoms with van der Waals surface area (Å²) in [6.07, 6.45) is 9.57. The van der Waals surface area contributed by atoms with Crippen LogP contribution in [0.3, 0.4) is 0 Å². The maximum atomic E-state index is 13.2. The van der Waals surface area contributed by atoms with Gasteiger partial charge in [-0.05, 0) is 54.1 Å². The van der Waals surface area contributed by atoms with Crippen LogP contribution in [0.4, 0.5) is 10.1 Å². The molecular weight excluding hydrogens is 437 g/mol. The van der Waals surface area contributed by atoms with Crippen LogP contribution >= 0.6 is 11.8 Å². The van der Waals surface area contributed by atoms with Gasteiger partial charge in [0.2, 0.25) is 0 Å². The number of thioether (sulfide) groups is 1. The zero-order valence-electron chi connectivity index (χ0n) is 17.9. The molecule has 0 aromatic heterocycles. The highest BCUT2D eigenvalue weighted by Crippen LogP contribution is 2.33. The second-order valence-corrected chi connectivity index (χ2v) is 9.19. The third-order valence-corrected chi connectivity index (χ3v) is 7.06. The topological polar surface area (TPSA) is 53.0 Å². The minimum absolute atomic E-state index is 0.00977. The molecule has 1 unspecified atom stereocenters. The quantitative estimate of drug-likeness (QED) is 0.641. The Labute approximate surface area is 196 Å². The summed E-state index contributed by atoms with van der Waals surface area (Å²) >= 11 is 1.49. The molecule has 2 amide bonds. The molecule has 166 valence electrons. The van der Waals surface area contributed by atoms with Crippen molar-refractivity contribution in [2.45, 2.75) is 5.25 Å². The molecule has 1 atom stereocenters. The molecule has 0 radical (unpaired) electrons. The number of halogens is 1. The van der Waals surface area contributed by atoms with Crippen molar-refractivity contribution < 1.29 is 14.0 Å². The molecule has 5 nitrogen and oxygen atoms in total. The number of rotatable bonds is 3. The van der Waals surface area contributed by atoms with E-state index in [-0.39, 0.29) is 22.9 Å². The highest BCUT2D eigenvalue weighted by molar-refractivity contribution is 8.05. The van der Waals surface area contributed by atoms with E-state index in [4.69, 9.17) is 0 Å². The van der Waals surface area contributed by atoms with E-state index in [0.29, 0.717) is 36.6 Å². The summed E-state index contributed by atoms with van der Waals surface area (Å²) in [5.74, 6) is -0.492. The number of nitrogens with zero attached hydrogens (tertiary/aromatic N) is 3. The van der Waals surface area contributed by atoms with Gasteiger partial charge in [-0.25, -0.2) is 9.38 Å². The largest absolute Gasteiger partial charge is 0.368 e. The van der Waals surface area contributed by atoms with Crippen LogP contribution in [-0.4, -0.2) is 53.9 Å². The second-order valence-electron chi connectivity index (χ2n) is 8.01. The van der Waals surface area contributed by atoms with Crippen LogP contribution in [-0.2, 0) is 4.79 Å². The number of hydrogen-bond acceptors (Lipinski definition) is 4. The van der Waals surface area contributed by atoms with E-state index in [2.05, 4.69) is 9.89 Å². The van der Waals surface area contributed by atoms with Crippen LogP contribution < -0.4 is 4.90 Å². The van der Waals surface area contributed by atoms with E-state index in [0.717, 1.165) is 17.0 Å². The Morgan fingerprint density at radius 2 is 1.73 bits per heavy atom. The number of fused-ring (bicyclic) bond motifs is 1. The molecule has 1 saturated heterocycles. The molecule has 2 heterocycles. The molecule has 33 heavy (non-hydrogen) atoms. The Bertz CT molecular complexity index is 1190. The minimum atomic E-state index is -0.251. The van der Waals surface area contributed by atoms with E-state index >= 15 is 0 Å². The summed E-state index contributed by atoms with van der Waals surface area (Å²) in [6, 6.07) is 13.8. The van der Waals surface area contributed by atoms with Gasteiger partial charge in [0.25, 0.3) is 11.8 Å². The Hall–Kier alpha value is -3.45. The molecule has 0 saturated carbocycles. The number of aliphatic imine (C=N–C) groups is 1. The van der Waals surface area contributed by atoms with Gasteiger partial charge in [0.1, 0.15) is 5.82 Å². The Kier molecular flexibility index (Phi) is 5.96. The maximum Gasteiger partial charge on any atom is 0.283 e. The van der Waals surface area contributed by atoms with E-state index < -0.39 is 0 Å². The lowest BCUT2D eigenvalue weighted by molar-refractivity contribution is -0.113. The fourth-order valence-electron chi connectivity index (χ4n) is 4.04. The number of hydrogen-bond donors (Lipinski definition) is 0. The summed E-state index contributed by atoms with van der Waals surface area (Å²) in [5, 5.41) is 0.0633. The third kappa shape index (κ3) is 4.68. The van der Waals surface area contributed by atoms with Gasteiger partial charge in [0, 0.05) is 37.4 Å². The van der Waals surface area contributed by atoms with Gasteiger partial charge in [0.15, 0.2) is 0 Å². The van der Waals surface area contributed by atoms with Crippen molar-refractivity contribution in [3.05, 3.63) is 94.7 Å². The first-order chi connectivity index (χ1) is 16.1. The number of piperazine rings is 1. The van der Waals surface area contributed by atoms with Crippen LogP contribution in [0.25, 0.3) is 6.08 Å². The summed E-state index contributed by atoms with van der Waals surface area (Å²) < 4.78 is 13.2. The molecule has 1 aliphatic carbocycles. The second kappa shape index (κ2) is 9.19. The average Bonchev–Trinajstić information content (AvgIpc) is 2.85. The van der Waals surface area contributed by atoms with Gasteiger partial charge in [-0.15, -0.1) is 11.8 Å². The minimum Gasteiger partial charge on any atom is -0.368 e. The Morgan fingerprint density at radius 1 is 1.00 bits per heavy atom. The molecule has 0 spiro atoms. The Balaban J connectivity index is 1.22. The smallest absolute Gasteiger partial charge is 0.283 e. The maximum absolute atomic E-state index is 13.2. The van der Waals surface area contributed by atoms with E-state index in [1.165, 1.54) is 23.9 Å². The van der Waals surface area contributed by atoms with Crippen molar-refractivity contribution in [2.75, 3.05) is 31.1 Å². The molecule has 2 aromatic rings. The van der Waals surface area contributed by atoms with Crippen LogP contribution in [0.5, 0.6) is 0 Å². The molecule has 2 aliphatic heterocycles. The number of amides is 2. The van der Waals surface area contributed by atoms with Gasteiger partial charge in [-0.2, -0.15) is 0 Å².